The van der Waals surface area contributed by atoms with Crippen molar-refractivity contribution in [2.45, 2.75) is 31.3 Å². The van der Waals surface area contributed by atoms with E-state index in [1.807, 2.05) is 11.8 Å². The second-order valence-corrected chi connectivity index (χ2v) is 9.68. The van der Waals surface area contributed by atoms with Gasteiger partial charge in [0.2, 0.25) is 5.91 Å². The van der Waals surface area contributed by atoms with E-state index in [0.717, 1.165) is 90.9 Å². The van der Waals surface area contributed by atoms with E-state index in [2.05, 4.69) is 38.7 Å². The van der Waals surface area contributed by atoms with E-state index in [9.17, 15) is 4.79 Å². The number of carbonyl (C=O) groups excluding carboxylic acids is 1. The van der Waals surface area contributed by atoms with Crippen molar-refractivity contribution in [2.24, 2.45) is 4.99 Å². The molecule has 0 aliphatic carbocycles. The summed E-state index contributed by atoms with van der Waals surface area (Å²) in [4.78, 5) is 22.4. The number of piperazine rings is 1. The summed E-state index contributed by atoms with van der Waals surface area (Å²) in [5.74, 6) is 1.96. The normalized spacial score (nSPS) is 22.7. The van der Waals surface area contributed by atoms with Gasteiger partial charge in [0.15, 0.2) is 0 Å². The number of rotatable bonds is 7. The summed E-state index contributed by atoms with van der Waals surface area (Å²) < 4.78 is 11.1. The fourth-order valence-electron chi connectivity index (χ4n) is 4.55. The van der Waals surface area contributed by atoms with Crippen molar-refractivity contribution in [3.05, 3.63) is 23.9 Å². The van der Waals surface area contributed by atoms with Crippen LogP contribution in [0.3, 0.4) is 0 Å². The summed E-state index contributed by atoms with van der Waals surface area (Å²) in [6.07, 6.45) is 3.00. The number of aromatic nitrogens is 1. The Morgan fingerprint density at radius 3 is 3.00 bits per heavy atom. The number of carbonyl (C=O) groups is 1. The van der Waals surface area contributed by atoms with Crippen LogP contribution in [0.4, 0.5) is 5.69 Å². The third kappa shape index (κ3) is 4.89. The average molecular weight is 458 g/mol. The Bertz CT molecular complexity index is 1000. The molecule has 4 heterocycles. The Balaban J connectivity index is 1.31. The largest absolute Gasteiger partial charge is 0.497 e. The molecule has 0 bridgehead atoms. The zero-order valence-corrected chi connectivity index (χ0v) is 19.3. The second kappa shape index (κ2) is 9.72. The highest BCUT2D eigenvalue weighted by Gasteiger charge is 2.24. The minimum Gasteiger partial charge on any atom is -0.497 e. The predicted octanol–water partition coefficient (Wildman–Crippen LogP) is 2.45. The maximum atomic E-state index is 11.6. The van der Waals surface area contributed by atoms with Gasteiger partial charge in [-0.15, -0.1) is 11.8 Å². The summed E-state index contributed by atoms with van der Waals surface area (Å²) in [5.41, 5.74) is 3.23. The number of benzene rings is 1. The number of ether oxygens (including phenoxy) is 2. The summed E-state index contributed by atoms with van der Waals surface area (Å²) in [5, 5.41) is 8.77. The Morgan fingerprint density at radius 1 is 1.31 bits per heavy atom. The molecule has 0 unspecified atom stereocenters. The van der Waals surface area contributed by atoms with Crippen molar-refractivity contribution in [3.8, 4) is 5.75 Å². The van der Waals surface area contributed by atoms with Crippen LogP contribution >= 0.6 is 11.8 Å². The van der Waals surface area contributed by atoms with Crippen LogP contribution < -0.4 is 15.4 Å². The fourth-order valence-corrected chi connectivity index (χ4v) is 5.63. The number of fused-ring (bicyclic) bond motifs is 1. The lowest BCUT2D eigenvalue weighted by Crippen LogP contribution is -2.48. The van der Waals surface area contributed by atoms with Gasteiger partial charge in [-0.05, 0) is 31.4 Å². The van der Waals surface area contributed by atoms with Crippen LogP contribution in [-0.4, -0.2) is 85.2 Å². The molecule has 0 radical (unpaired) electrons. The van der Waals surface area contributed by atoms with Gasteiger partial charge in [-0.1, -0.05) is 0 Å². The summed E-state index contributed by atoms with van der Waals surface area (Å²) in [6, 6.07) is 7.02. The first-order valence-corrected chi connectivity index (χ1v) is 12.4. The molecule has 3 aliphatic heterocycles. The average Bonchev–Trinajstić information content (AvgIpc) is 3.45. The zero-order valence-electron chi connectivity index (χ0n) is 18.5. The van der Waals surface area contributed by atoms with Crippen molar-refractivity contribution in [1.82, 2.24) is 15.2 Å². The highest BCUT2D eigenvalue weighted by atomic mass is 32.2. The number of aliphatic imine (C=N–C) groups is 1. The van der Waals surface area contributed by atoms with Gasteiger partial charge in [0.05, 0.1) is 36.6 Å². The van der Waals surface area contributed by atoms with Crippen LogP contribution in [0.2, 0.25) is 0 Å². The van der Waals surface area contributed by atoms with Crippen LogP contribution in [0.5, 0.6) is 5.75 Å². The Kier molecular flexibility index (Phi) is 6.56. The van der Waals surface area contributed by atoms with Gasteiger partial charge in [0, 0.05) is 56.1 Å². The molecule has 1 amide bonds. The third-order valence-corrected chi connectivity index (χ3v) is 7.51. The number of nitrogens with one attached hydrogen (secondary N) is 3. The molecule has 3 aliphatic rings. The first-order chi connectivity index (χ1) is 15.7. The second-order valence-electron chi connectivity index (χ2n) is 8.67. The molecule has 2 fully saturated rings. The Labute approximate surface area is 192 Å². The van der Waals surface area contributed by atoms with E-state index in [1.54, 1.807) is 7.11 Å². The highest BCUT2D eigenvalue weighted by molar-refractivity contribution is 8.14. The lowest BCUT2D eigenvalue weighted by Gasteiger charge is -2.26. The molecule has 1 aromatic carbocycles. The van der Waals surface area contributed by atoms with Crippen molar-refractivity contribution < 1.29 is 14.3 Å². The minimum absolute atomic E-state index is 0.125. The van der Waals surface area contributed by atoms with Gasteiger partial charge in [-0.2, -0.15) is 0 Å². The number of hydrogen-bond donors (Lipinski definition) is 3. The lowest BCUT2D eigenvalue weighted by atomic mass is 10.1. The number of amides is 1. The first kappa shape index (κ1) is 21.6. The number of H-pyrrole nitrogens is 1. The minimum atomic E-state index is 0.125. The summed E-state index contributed by atoms with van der Waals surface area (Å²) in [6.45, 7) is 4.70. The van der Waals surface area contributed by atoms with E-state index in [1.165, 1.54) is 0 Å². The predicted molar refractivity (Wildman–Crippen MR) is 129 cm³/mol. The van der Waals surface area contributed by atoms with Gasteiger partial charge in [0.25, 0.3) is 0 Å². The van der Waals surface area contributed by atoms with Gasteiger partial charge in [-0.3, -0.25) is 14.7 Å². The number of thioether (sulfide) groups is 1. The maximum Gasteiger partial charge on any atom is 0.234 e. The SMILES string of the molecule is COc1cc(NC2CCOCC2)c2[nH]c(C3=N[C@H](CCN4CCNC(=O)C4)CS3)cc2c1. The van der Waals surface area contributed by atoms with Gasteiger partial charge < -0.3 is 25.1 Å². The summed E-state index contributed by atoms with van der Waals surface area (Å²) in [7, 11) is 1.71. The van der Waals surface area contributed by atoms with Crippen molar-refractivity contribution in [3.63, 3.8) is 0 Å². The standard InChI is InChI=1S/C23H31N5O3S/c1-30-18-10-15-11-20(27-22(15)19(12-18)25-16-3-8-31-9-4-16)23-26-17(14-32-23)2-6-28-7-5-24-21(29)13-28/h10-12,16-17,25,27H,2-9,13-14H2,1H3,(H,24,29)/t17-/m1/s1. The number of methoxy groups -OCH3 is 1. The molecule has 172 valence electrons. The quantitative estimate of drug-likeness (QED) is 0.592. The molecule has 1 atom stereocenters. The van der Waals surface area contributed by atoms with Crippen LogP contribution in [0.1, 0.15) is 25.0 Å². The molecule has 8 nitrogen and oxygen atoms in total. The van der Waals surface area contributed by atoms with Crippen LogP contribution in [-0.2, 0) is 9.53 Å². The lowest BCUT2D eigenvalue weighted by molar-refractivity contribution is -0.124. The van der Waals surface area contributed by atoms with Gasteiger partial charge in [0.1, 0.15) is 10.8 Å². The van der Waals surface area contributed by atoms with E-state index >= 15 is 0 Å². The van der Waals surface area contributed by atoms with E-state index in [4.69, 9.17) is 14.5 Å². The Hall–Kier alpha value is -2.23. The zero-order chi connectivity index (χ0) is 21.9. The smallest absolute Gasteiger partial charge is 0.234 e. The molecule has 5 rings (SSSR count). The van der Waals surface area contributed by atoms with Crippen LogP contribution in [0, 0.1) is 0 Å². The molecule has 0 spiro atoms. The molecule has 9 heteroatoms. The Morgan fingerprint density at radius 2 is 2.19 bits per heavy atom. The molecular formula is C23H31N5O3S. The highest BCUT2D eigenvalue weighted by Crippen LogP contribution is 2.33. The summed E-state index contributed by atoms with van der Waals surface area (Å²) >= 11 is 1.81. The van der Waals surface area contributed by atoms with E-state index < -0.39 is 0 Å². The van der Waals surface area contributed by atoms with Crippen LogP contribution in [0.25, 0.3) is 10.9 Å². The van der Waals surface area contributed by atoms with Gasteiger partial charge in [-0.25, -0.2) is 0 Å². The topological polar surface area (TPSA) is 91.0 Å². The first-order valence-electron chi connectivity index (χ1n) is 11.4. The van der Waals surface area contributed by atoms with E-state index in [-0.39, 0.29) is 5.91 Å². The van der Waals surface area contributed by atoms with E-state index in [0.29, 0.717) is 18.6 Å². The molecular weight excluding hydrogens is 426 g/mol. The van der Waals surface area contributed by atoms with Crippen molar-refractivity contribution in [1.29, 1.82) is 0 Å². The van der Waals surface area contributed by atoms with Gasteiger partial charge >= 0.3 is 0 Å². The molecule has 1 aromatic heterocycles. The third-order valence-electron chi connectivity index (χ3n) is 6.36. The maximum absolute atomic E-state index is 11.6. The fraction of sp³-hybridized carbons (Fsp3) is 0.565. The number of nitrogens with zero attached hydrogens (tertiary/aromatic N) is 2. The molecule has 3 N–H and O–H groups in total. The number of anilines is 1. The number of hydrogen-bond acceptors (Lipinski definition) is 7. The monoisotopic (exact) mass is 457 g/mol. The molecule has 0 saturated carbocycles. The van der Waals surface area contributed by atoms with Crippen molar-refractivity contribution in [2.75, 3.05) is 57.6 Å². The molecule has 2 aromatic rings. The van der Waals surface area contributed by atoms with Crippen LogP contribution in [0.15, 0.2) is 23.2 Å². The number of aromatic amines is 1. The molecule has 32 heavy (non-hydrogen) atoms. The molecule has 2 saturated heterocycles. The van der Waals surface area contributed by atoms with Crippen molar-refractivity contribution >= 4 is 39.3 Å².